The molecule has 0 saturated carbocycles. The molecule has 7 heteroatoms. The molecule has 2 aliphatic rings. The molecule has 23 heavy (non-hydrogen) atoms. The number of benzene rings is 1. The molecular weight excluding hydrogens is 339 g/mol. The van der Waals surface area contributed by atoms with Crippen LogP contribution < -0.4 is 0 Å². The number of hydrogen-bond acceptors (Lipinski definition) is 3. The summed E-state index contributed by atoms with van der Waals surface area (Å²) >= 11 is 11.8. The van der Waals surface area contributed by atoms with Gasteiger partial charge in [-0.25, -0.2) is 0 Å². The first-order valence-corrected chi connectivity index (χ1v) is 8.46. The van der Waals surface area contributed by atoms with Crippen molar-refractivity contribution in [1.82, 2.24) is 9.80 Å². The van der Waals surface area contributed by atoms with Gasteiger partial charge in [0.1, 0.15) is 6.10 Å². The van der Waals surface area contributed by atoms with Gasteiger partial charge in [-0.05, 0) is 31.0 Å². The van der Waals surface area contributed by atoms with E-state index in [2.05, 4.69) is 0 Å². The summed E-state index contributed by atoms with van der Waals surface area (Å²) in [6, 6.07) is 4.87. The number of amides is 2. The Hall–Kier alpha value is -1.30. The largest absolute Gasteiger partial charge is 0.368 e. The maximum Gasteiger partial charge on any atom is 0.254 e. The Morgan fingerprint density at radius 2 is 1.74 bits per heavy atom. The lowest BCUT2D eigenvalue weighted by Gasteiger charge is -2.35. The van der Waals surface area contributed by atoms with Crippen LogP contribution in [0.3, 0.4) is 0 Å². The summed E-state index contributed by atoms with van der Waals surface area (Å²) in [5, 5.41) is 0.792. The number of hydrogen-bond donors (Lipinski definition) is 0. The van der Waals surface area contributed by atoms with Crippen LogP contribution in [0.5, 0.6) is 0 Å². The topological polar surface area (TPSA) is 49.9 Å². The highest BCUT2D eigenvalue weighted by atomic mass is 35.5. The summed E-state index contributed by atoms with van der Waals surface area (Å²) in [6.45, 7) is 2.75. The van der Waals surface area contributed by atoms with Gasteiger partial charge in [0.25, 0.3) is 11.8 Å². The third kappa shape index (κ3) is 3.62. The summed E-state index contributed by atoms with van der Waals surface area (Å²) in [4.78, 5) is 28.3. The highest BCUT2D eigenvalue weighted by Crippen LogP contribution is 2.23. The molecule has 124 valence electrons. The van der Waals surface area contributed by atoms with Crippen LogP contribution in [0.25, 0.3) is 0 Å². The van der Waals surface area contributed by atoms with Gasteiger partial charge in [-0.15, -0.1) is 0 Å². The molecule has 2 aliphatic heterocycles. The van der Waals surface area contributed by atoms with Crippen LogP contribution in [0.4, 0.5) is 0 Å². The fourth-order valence-electron chi connectivity index (χ4n) is 2.92. The zero-order chi connectivity index (χ0) is 16.4. The van der Waals surface area contributed by atoms with Crippen molar-refractivity contribution < 1.29 is 14.3 Å². The quantitative estimate of drug-likeness (QED) is 0.817. The molecular formula is C16H18Cl2N2O3. The van der Waals surface area contributed by atoms with Crippen LogP contribution in [-0.4, -0.2) is 60.5 Å². The van der Waals surface area contributed by atoms with Gasteiger partial charge in [-0.2, -0.15) is 0 Å². The number of rotatable bonds is 2. The lowest BCUT2D eigenvalue weighted by Crippen LogP contribution is -2.52. The minimum absolute atomic E-state index is 0.0455. The Morgan fingerprint density at radius 3 is 2.35 bits per heavy atom. The lowest BCUT2D eigenvalue weighted by atomic mass is 10.1. The highest BCUT2D eigenvalue weighted by molar-refractivity contribution is 6.42. The normalized spacial score (nSPS) is 21.6. The zero-order valence-corrected chi connectivity index (χ0v) is 14.1. The molecule has 2 amide bonds. The predicted molar refractivity (Wildman–Crippen MR) is 87.9 cm³/mol. The molecule has 1 atom stereocenters. The Balaban J connectivity index is 1.58. The van der Waals surface area contributed by atoms with Crippen molar-refractivity contribution in [2.24, 2.45) is 0 Å². The van der Waals surface area contributed by atoms with Crippen molar-refractivity contribution in [3.8, 4) is 0 Å². The van der Waals surface area contributed by atoms with E-state index < -0.39 is 0 Å². The SMILES string of the molecule is O=C(c1ccc(Cl)c(Cl)c1)N1CCN(C(=O)C2CCCO2)CC1. The van der Waals surface area contributed by atoms with E-state index in [4.69, 9.17) is 27.9 Å². The molecule has 0 bridgehead atoms. The van der Waals surface area contributed by atoms with E-state index in [-0.39, 0.29) is 17.9 Å². The Morgan fingerprint density at radius 1 is 1.04 bits per heavy atom. The number of carbonyl (C=O) groups excluding carboxylic acids is 2. The second-order valence-corrected chi connectivity index (χ2v) is 6.56. The number of ether oxygens (including phenoxy) is 1. The van der Waals surface area contributed by atoms with Gasteiger partial charge in [0.05, 0.1) is 10.0 Å². The summed E-state index contributed by atoms with van der Waals surface area (Å²) < 4.78 is 5.44. The van der Waals surface area contributed by atoms with E-state index in [0.29, 0.717) is 48.4 Å². The molecule has 0 spiro atoms. The Bertz CT molecular complexity index is 609. The average molecular weight is 357 g/mol. The summed E-state index contributed by atoms with van der Waals surface area (Å²) in [6.07, 6.45) is 1.43. The molecule has 1 unspecified atom stereocenters. The van der Waals surface area contributed by atoms with Crippen molar-refractivity contribution in [2.45, 2.75) is 18.9 Å². The zero-order valence-electron chi connectivity index (χ0n) is 12.6. The first-order valence-electron chi connectivity index (χ1n) is 7.71. The maximum absolute atomic E-state index is 12.5. The van der Waals surface area contributed by atoms with E-state index in [1.807, 2.05) is 0 Å². The summed E-state index contributed by atoms with van der Waals surface area (Å²) in [5.41, 5.74) is 0.512. The smallest absolute Gasteiger partial charge is 0.254 e. The van der Waals surface area contributed by atoms with Crippen LogP contribution in [0.15, 0.2) is 18.2 Å². The minimum atomic E-state index is -0.299. The predicted octanol–water partition coefficient (Wildman–Crippen LogP) is 2.46. The van der Waals surface area contributed by atoms with Crippen LogP contribution in [0.2, 0.25) is 10.0 Å². The van der Waals surface area contributed by atoms with Gasteiger partial charge in [0.2, 0.25) is 0 Å². The van der Waals surface area contributed by atoms with Crippen molar-refractivity contribution in [3.05, 3.63) is 33.8 Å². The lowest BCUT2D eigenvalue weighted by molar-refractivity contribution is -0.142. The molecule has 1 aromatic rings. The van der Waals surface area contributed by atoms with E-state index in [9.17, 15) is 9.59 Å². The Kier molecular flexibility index (Phi) is 5.09. The van der Waals surface area contributed by atoms with Crippen LogP contribution >= 0.6 is 23.2 Å². The van der Waals surface area contributed by atoms with Gasteiger partial charge in [0.15, 0.2) is 0 Å². The fraction of sp³-hybridized carbons (Fsp3) is 0.500. The standard InChI is InChI=1S/C16H18Cl2N2O3/c17-12-4-3-11(10-13(12)18)15(21)19-5-7-20(8-6-19)16(22)14-2-1-9-23-14/h3-4,10,14H,1-2,5-9H2. The molecule has 3 rings (SSSR count). The third-order valence-corrected chi connectivity index (χ3v) is 4.99. The second-order valence-electron chi connectivity index (χ2n) is 5.75. The molecule has 0 aromatic heterocycles. The molecule has 5 nitrogen and oxygen atoms in total. The summed E-state index contributed by atoms with van der Waals surface area (Å²) in [7, 11) is 0. The van der Waals surface area contributed by atoms with Crippen LogP contribution in [0, 0.1) is 0 Å². The van der Waals surface area contributed by atoms with Gasteiger partial charge in [-0.3, -0.25) is 9.59 Å². The molecule has 1 aromatic carbocycles. The fourth-order valence-corrected chi connectivity index (χ4v) is 3.22. The Labute approximate surface area is 145 Å². The first kappa shape index (κ1) is 16.6. The van der Waals surface area contributed by atoms with Crippen molar-refractivity contribution in [2.75, 3.05) is 32.8 Å². The van der Waals surface area contributed by atoms with E-state index in [0.717, 1.165) is 12.8 Å². The van der Waals surface area contributed by atoms with Crippen molar-refractivity contribution in [1.29, 1.82) is 0 Å². The van der Waals surface area contributed by atoms with E-state index in [1.54, 1.807) is 28.0 Å². The first-order chi connectivity index (χ1) is 11.1. The average Bonchev–Trinajstić information content (AvgIpc) is 3.11. The number of halogens is 2. The maximum atomic E-state index is 12.5. The van der Waals surface area contributed by atoms with Crippen molar-refractivity contribution in [3.63, 3.8) is 0 Å². The molecule has 2 heterocycles. The van der Waals surface area contributed by atoms with Gasteiger partial charge in [0, 0.05) is 38.3 Å². The molecule has 0 radical (unpaired) electrons. The van der Waals surface area contributed by atoms with Crippen molar-refractivity contribution >= 4 is 35.0 Å². The van der Waals surface area contributed by atoms with Gasteiger partial charge < -0.3 is 14.5 Å². The molecule has 2 fully saturated rings. The highest BCUT2D eigenvalue weighted by Gasteiger charge is 2.31. The number of carbonyl (C=O) groups is 2. The second kappa shape index (κ2) is 7.07. The van der Waals surface area contributed by atoms with Gasteiger partial charge in [-0.1, -0.05) is 23.2 Å². The monoisotopic (exact) mass is 356 g/mol. The van der Waals surface area contributed by atoms with Gasteiger partial charge >= 0.3 is 0 Å². The third-order valence-electron chi connectivity index (χ3n) is 4.25. The number of piperazine rings is 1. The number of nitrogens with zero attached hydrogens (tertiary/aromatic N) is 2. The van der Waals surface area contributed by atoms with E-state index in [1.165, 1.54) is 0 Å². The van der Waals surface area contributed by atoms with E-state index >= 15 is 0 Å². The molecule has 0 N–H and O–H groups in total. The molecule has 0 aliphatic carbocycles. The van der Waals surface area contributed by atoms with Crippen LogP contribution in [-0.2, 0) is 9.53 Å². The van der Waals surface area contributed by atoms with Crippen LogP contribution in [0.1, 0.15) is 23.2 Å². The summed E-state index contributed by atoms with van der Waals surface area (Å²) in [5.74, 6) is -0.0445. The molecule has 2 saturated heterocycles. The minimum Gasteiger partial charge on any atom is -0.368 e.